The third-order valence-electron chi connectivity index (χ3n) is 3.80. The topological polar surface area (TPSA) is 113 Å². The summed E-state index contributed by atoms with van der Waals surface area (Å²) in [5, 5.41) is 3.36. The first-order chi connectivity index (χ1) is 12.9. The molecule has 0 saturated carbocycles. The summed E-state index contributed by atoms with van der Waals surface area (Å²) in [6.45, 7) is -0.444. The molecular formula is C18H15ClN4O4. The molecule has 0 aliphatic rings. The summed E-state index contributed by atoms with van der Waals surface area (Å²) in [6.07, 6.45) is 0.0458. The van der Waals surface area contributed by atoms with Crippen LogP contribution in [0.2, 0.25) is 5.02 Å². The number of halogens is 1. The van der Waals surface area contributed by atoms with Gasteiger partial charge in [-0.1, -0.05) is 35.9 Å². The van der Waals surface area contributed by atoms with Gasteiger partial charge in [0.2, 0.25) is 5.91 Å². The first kappa shape index (κ1) is 18.4. The number of hydrogen-bond donors (Lipinski definition) is 3. The monoisotopic (exact) mass is 386 g/mol. The van der Waals surface area contributed by atoms with Gasteiger partial charge in [0, 0.05) is 5.02 Å². The summed E-state index contributed by atoms with van der Waals surface area (Å²) in [5.41, 5.74) is 4.20. The van der Waals surface area contributed by atoms with Crippen LogP contribution in [-0.4, -0.2) is 21.6 Å². The Balaban J connectivity index is 1.62. The number of carbonyl (C=O) groups is 2. The molecule has 2 aromatic carbocycles. The summed E-state index contributed by atoms with van der Waals surface area (Å²) in [5.74, 6) is -1.10. The second kappa shape index (κ2) is 7.88. The number of nitrogens with zero attached hydrogens (tertiary/aromatic N) is 1. The molecule has 2 amide bonds. The fourth-order valence-corrected chi connectivity index (χ4v) is 2.64. The van der Waals surface area contributed by atoms with Crippen LogP contribution in [-0.2, 0) is 22.6 Å². The van der Waals surface area contributed by atoms with E-state index in [-0.39, 0.29) is 17.2 Å². The fraction of sp³-hybridized carbons (Fsp3) is 0.111. The molecule has 1 aromatic heterocycles. The SMILES string of the molecule is O=C(Cc1ccc(Cl)cc1)NNC(=O)Cn1[nH]c(=O)c2ccccc2c1=O. The van der Waals surface area contributed by atoms with Crippen LogP contribution >= 0.6 is 11.6 Å². The minimum atomic E-state index is -0.660. The smallest absolute Gasteiger partial charge is 0.273 e. The van der Waals surface area contributed by atoms with Crippen molar-refractivity contribution in [2.24, 2.45) is 0 Å². The van der Waals surface area contributed by atoms with Crippen LogP contribution in [0.4, 0.5) is 0 Å². The number of aromatic amines is 1. The van der Waals surface area contributed by atoms with Crippen molar-refractivity contribution in [2.75, 3.05) is 0 Å². The van der Waals surface area contributed by atoms with E-state index in [1.54, 1.807) is 36.4 Å². The second-order valence-corrected chi connectivity index (χ2v) is 6.21. The Hall–Kier alpha value is -3.39. The van der Waals surface area contributed by atoms with E-state index < -0.39 is 29.5 Å². The molecule has 8 nitrogen and oxygen atoms in total. The van der Waals surface area contributed by atoms with Crippen molar-refractivity contribution in [3.63, 3.8) is 0 Å². The molecule has 0 aliphatic heterocycles. The van der Waals surface area contributed by atoms with E-state index in [9.17, 15) is 19.2 Å². The number of benzene rings is 2. The average Bonchev–Trinajstić information content (AvgIpc) is 2.66. The van der Waals surface area contributed by atoms with Crippen LogP contribution in [0.25, 0.3) is 10.8 Å². The van der Waals surface area contributed by atoms with Crippen molar-refractivity contribution >= 4 is 34.2 Å². The zero-order valence-corrected chi connectivity index (χ0v) is 14.7. The van der Waals surface area contributed by atoms with Crippen molar-refractivity contribution in [3.8, 4) is 0 Å². The molecule has 0 aliphatic carbocycles. The number of hydrazine groups is 1. The van der Waals surface area contributed by atoms with Gasteiger partial charge in [-0.3, -0.25) is 35.1 Å². The number of rotatable bonds is 4. The third kappa shape index (κ3) is 4.42. The molecule has 0 radical (unpaired) electrons. The second-order valence-electron chi connectivity index (χ2n) is 5.78. The van der Waals surface area contributed by atoms with Crippen molar-refractivity contribution in [1.29, 1.82) is 0 Å². The molecule has 0 fully saturated rings. The Bertz CT molecular complexity index is 1120. The number of H-pyrrole nitrogens is 1. The van der Waals surface area contributed by atoms with Crippen LogP contribution in [0, 0.1) is 0 Å². The highest BCUT2D eigenvalue weighted by Gasteiger charge is 2.11. The number of fused-ring (bicyclic) bond motifs is 1. The summed E-state index contributed by atoms with van der Waals surface area (Å²) in [4.78, 5) is 48.2. The van der Waals surface area contributed by atoms with Crippen LogP contribution in [0.15, 0.2) is 58.1 Å². The normalized spacial score (nSPS) is 10.6. The molecule has 138 valence electrons. The Morgan fingerprint density at radius 1 is 0.926 bits per heavy atom. The maximum Gasteiger partial charge on any atom is 0.273 e. The summed E-state index contributed by atoms with van der Waals surface area (Å²) in [7, 11) is 0. The van der Waals surface area contributed by atoms with E-state index in [1.807, 2.05) is 0 Å². The van der Waals surface area contributed by atoms with Gasteiger partial charge in [0.05, 0.1) is 17.2 Å². The van der Waals surface area contributed by atoms with E-state index in [0.29, 0.717) is 5.02 Å². The van der Waals surface area contributed by atoms with Gasteiger partial charge < -0.3 is 0 Å². The Kier molecular flexibility index (Phi) is 5.37. The zero-order chi connectivity index (χ0) is 19.4. The molecule has 3 rings (SSSR count). The number of nitrogens with one attached hydrogen (secondary N) is 3. The quantitative estimate of drug-likeness (QED) is 0.574. The lowest BCUT2D eigenvalue weighted by Crippen LogP contribution is -2.45. The summed E-state index contributed by atoms with van der Waals surface area (Å²) < 4.78 is 0.894. The van der Waals surface area contributed by atoms with Gasteiger partial charge >= 0.3 is 0 Å². The number of amides is 2. The highest BCUT2D eigenvalue weighted by molar-refractivity contribution is 6.30. The summed E-state index contributed by atoms with van der Waals surface area (Å²) >= 11 is 5.78. The number of hydrogen-bond acceptors (Lipinski definition) is 4. The molecule has 3 N–H and O–H groups in total. The summed E-state index contributed by atoms with van der Waals surface area (Å²) in [6, 6.07) is 13.0. The molecule has 0 unspecified atom stereocenters. The largest absolute Gasteiger partial charge is 0.273 e. The first-order valence-corrected chi connectivity index (χ1v) is 8.36. The van der Waals surface area contributed by atoms with Crippen molar-refractivity contribution in [3.05, 3.63) is 79.8 Å². The predicted molar refractivity (Wildman–Crippen MR) is 100 cm³/mol. The van der Waals surface area contributed by atoms with E-state index in [0.717, 1.165) is 10.2 Å². The van der Waals surface area contributed by atoms with Crippen molar-refractivity contribution in [2.45, 2.75) is 13.0 Å². The molecule has 0 bridgehead atoms. The molecule has 0 spiro atoms. The van der Waals surface area contributed by atoms with E-state index in [1.165, 1.54) is 12.1 Å². The lowest BCUT2D eigenvalue weighted by molar-refractivity contribution is -0.129. The Morgan fingerprint density at radius 3 is 2.26 bits per heavy atom. The molecule has 9 heteroatoms. The molecule has 0 saturated heterocycles. The average molecular weight is 387 g/mol. The third-order valence-corrected chi connectivity index (χ3v) is 4.06. The van der Waals surface area contributed by atoms with Gasteiger partial charge in [0.15, 0.2) is 0 Å². The lowest BCUT2D eigenvalue weighted by Gasteiger charge is -2.09. The Morgan fingerprint density at radius 2 is 1.56 bits per heavy atom. The van der Waals surface area contributed by atoms with Gasteiger partial charge in [-0.15, -0.1) is 0 Å². The van der Waals surface area contributed by atoms with Crippen LogP contribution in [0.1, 0.15) is 5.56 Å². The van der Waals surface area contributed by atoms with Gasteiger partial charge in [-0.25, -0.2) is 4.68 Å². The van der Waals surface area contributed by atoms with E-state index >= 15 is 0 Å². The van der Waals surface area contributed by atoms with Crippen molar-refractivity contribution in [1.82, 2.24) is 20.6 Å². The van der Waals surface area contributed by atoms with Crippen molar-refractivity contribution < 1.29 is 9.59 Å². The first-order valence-electron chi connectivity index (χ1n) is 7.98. The minimum absolute atomic E-state index is 0.0458. The molecule has 3 aromatic rings. The molecule has 0 atom stereocenters. The standard InChI is InChI=1S/C18H15ClN4O4/c19-12-7-5-11(6-8-12)9-15(24)20-21-16(25)10-23-18(27)14-4-2-1-3-13(14)17(26)22-23/h1-8H,9-10H2,(H,20,24)(H,21,25)(H,22,26). The molecule has 27 heavy (non-hydrogen) atoms. The fourth-order valence-electron chi connectivity index (χ4n) is 2.51. The molecular weight excluding hydrogens is 372 g/mol. The highest BCUT2D eigenvalue weighted by atomic mass is 35.5. The maximum absolute atomic E-state index is 12.3. The van der Waals surface area contributed by atoms with Crippen LogP contribution < -0.4 is 22.0 Å². The van der Waals surface area contributed by atoms with Crippen LogP contribution in [0.5, 0.6) is 0 Å². The minimum Gasteiger partial charge on any atom is -0.273 e. The highest BCUT2D eigenvalue weighted by Crippen LogP contribution is 2.09. The maximum atomic E-state index is 12.3. The van der Waals surface area contributed by atoms with E-state index in [4.69, 9.17) is 11.6 Å². The van der Waals surface area contributed by atoms with Gasteiger partial charge in [0.1, 0.15) is 6.54 Å². The zero-order valence-electron chi connectivity index (χ0n) is 14.0. The Labute approximate surface area is 157 Å². The van der Waals surface area contributed by atoms with Gasteiger partial charge in [-0.05, 0) is 29.8 Å². The van der Waals surface area contributed by atoms with Gasteiger partial charge in [-0.2, -0.15) is 0 Å². The molecule has 1 heterocycles. The van der Waals surface area contributed by atoms with Gasteiger partial charge in [0.25, 0.3) is 17.0 Å². The predicted octanol–water partition coefficient (Wildman–Crippen LogP) is 0.733. The number of aromatic nitrogens is 2. The van der Waals surface area contributed by atoms with Crippen LogP contribution in [0.3, 0.4) is 0 Å². The van der Waals surface area contributed by atoms with E-state index in [2.05, 4.69) is 16.0 Å². The number of carbonyl (C=O) groups excluding carboxylic acids is 2. The lowest BCUT2D eigenvalue weighted by atomic mass is 10.1.